The third kappa shape index (κ3) is 4.95. The summed E-state index contributed by atoms with van der Waals surface area (Å²) in [5, 5.41) is 2.87. The summed E-state index contributed by atoms with van der Waals surface area (Å²) in [6, 6.07) is 7.37. The zero-order valence-electron chi connectivity index (χ0n) is 13.9. The zero-order valence-corrected chi connectivity index (χ0v) is 16.3. The third-order valence-electron chi connectivity index (χ3n) is 4.34. The van der Waals surface area contributed by atoms with Crippen molar-refractivity contribution in [3.8, 4) is 0 Å². The number of hydrogen-bond donors (Lipinski definition) is 1. The van der Waals surface area contributed by atoms with Crippen LogP contribution >= 0.6 is 27.3 Å². The summed E-state index contributed by atoms with van der Waals surface area (Å²) in [4.78, 5) is 27.9. The second-order valence-corrected chi connectivity index (χ2v) is 8.65. The molecule has 3 rings (SSSR count). The van der Waals surface area contributed by atoms with E-state index in [2.05, 4.69) is 27.3 Å². The molecule has 1 aliphatic rings. The van der Waals surface area contributed by atoms with Gasteiger partial charge in [0.1, 0.15) is 11.8 Å². The summed E-state index contributed by atoms with van der Waals surface area (Å²) >= 11 is 5.15. The second-order valence-electron chi connectivity index (χ2n) is 6.10. The highest BCUT2D eigenvalue weighted by Gasteiger charge is 2.33. The van der Waals surface area contributed by atoms with Crippen molar-refractivity contribution in [1.82, 2.24) is 10.2 Å². The van der Waals surface area contributed by atoms with Gasteiger partial charge in [0.05, 0.1) is 16.6 Å². The smallest absolute Gasteiger partial charge is 0.243 e. The van der Waals surface area contributed by atoms with Crippen LogP contribution in [-0.2, 0) is 22.6 Å². The number of likely N-dealkylation sites (tertiary alicyclic amines) is 1. The molecule has 1 N–H and O–H groups in total. The van der Waals surface area contributed by atoms with Gasteiger partial charge < -0.3 is 14.6 Å². The monoisotopic (exact) mass is 424 g/mol. The molecule has 0 spiro atoms. The van der Waals surface area contributed by atoms with Crippen molar-refractivity contribution in [2.45, 2.75) is 44.7 Å². The Bertz CT molecular complexity index is 714. The number of thiophene rings is 1. The molecule has 7 heteroatoms. The van der Waals surface area contributed by atoms with E-state index in [4.69, 9.17) is 4.42 Å². The molecule has 134 valence electrons. The van der Waals surface area contributed by atoms with E-state index in [9.17, 15) is 9.59 Å². The summed E-state index contributed by atoms with van der Waals surface area (Å²) < 4.78 is 6.33. The van der Waals surface area contributed by atoms with Crippen molar-refractivity contribution >= 4 is 39.1 Å². The van der Waals surface area contributed by atoms with Crippen LogP contribution in [-0.4, -0.2) is 29.3 Å². The van der Waals surface area contributed by atoms with E-state index >= 15 is 0 Å². The number of carbonyl (C=O) groups excluding carboxylic acids is 2. The van der Waals surface area contributed by atoms with Crippen LogP contribution in [0.1, 0.15) is 36.3 Å². The minimum absolute atomic E-state index is 0.0753. The Labute approximate surface area is 159 Å². The molecule has 2 aromatic heterocycles. The molecule has 0 bridgehead atoms. The number of carbonyl (C=O) groups is 2. The fraction of sp³-hybridized carbons (Fsp3) is 0.444. The van der Waals surface area contributed by atoms with Crippen LogP contribution < -0.4 is 5.32 Å². The van der Waals surface area contributed by atoms with Gasteiger partial charge in [-0.1, -0.05) is 0 Å². The molecule has 3 heterocycles. The van der Waals surface area contributed by atoms with E-state index in [1.54, 1.807) is 28.6 Å². The fourth-order valence-corrected chi connectivity index (χ4v) is 4.61. The lowest BCUT2D eigenvalue weighted by Crippen LogP contribution is -2.45. The molecular formula is C18H21BrN2O3S. The molecule has 1 aliphatic heterocycles. The molecule has 1 fully saturated rings. The molecule has 2 amide bonds. The molecule has 0 aromatic carbocycles. The van der Waals surface area contributed by atoms with Crippen LogP contribution in [0.5, 0.6) is 0 Å². The molecule has 2 aromatic rings. The largest absolute Gasteiger partial charge is 0.467 e. The highest BCUT2D eigenvalue weighted by molar-refractivity contribution is 9.11. The van der Waals surface area contributed by atoms with Crippen molar-refractivity contribution < 1.29 is 14.0 Å². The maximum absolute atomic E-state index is 12.5. The van der Waals surface area contributed by atoms with Crippen LogP contribution in [0, 0.1) is 0 Å². The molecule has 1 saturated heterocycles. The topological polar surface area (TPSA) is 62.6 Å². The summed E-state index contributed by atoms with van der Waals surface area (Å²) in [7, 11) is 0. The Hall–Kier alpha value is -1.60. The Morgan fingerprint density at radius 1 is 1.36 bits per heavy atom. The Balaban J connectivity index is 1.46. The zero-order chi connectivity index (χ0) is 17.6. The summed E-state index contributed by atoms with van der Waals surface area (Å²) in [6.07, 6.45) is 5.38. The van der Waals surface area contributed by atoms with E-state index in [1.807, 2.05) is 12.1 Å². The number of nitrogens with one attached hydrogen (secondary N) is 1. The lowest BCUT2D eigenvalue weighted by atomic mass is 10.1. The average molecular weight is 425 g/mol. The quantitative estimate of drug-likeness (QED) is 0.736. The molecular weight excluding hydrogens is 404 g/mol. The first-order valence-electron chi connectivity index (χ1n) is 8.47. The van der Waals surface area contributed by atoms with Crippen LogP contribution in [0.4, 0.5) is 0 Å². The van der Waals surface area contributed by atoms with Gasteiger partial charge in [0.15, 0.2) is 0 Å². The Morgan fingerprint density at radius 3 is 2.96 bits per heavy atom. The molecule has 25 heavy (non-hydrogen) atoms. The lowest BCUT2D eigenvalue weighted by molar-refractivity contribution is -0.138. The number of rotatable bonds is 7. The molecule has 0 radical (unpaired) electrons. The van der Waals surface area contributed by atoms with Crippen molar-refractivity contribution in [3.05, 3.63) is 45.0 Å². The SMILES string of the molecule is O=C(NCc1ccco1)C1CCCN1C(=O)CCCc1ccc(Br)s1. The highest BCUT2D eigenvalue weighted by Crippen LogP contribution is 2.24. The first-order valence-corrected chi connectivity index (χ1v) is 10.1. The van der Waals surface area contributed by atoms with Gasteiger partial charge in [-0.25, -0.2) is 0 Å². The van der Waals surface area contributed by atoms with Crippen LogP contribution in [0.2, 0.25) is 0 Å². The predicted molar refractivity (Wildman–Crippen MR) is 100 cm³/mol. The van der Waals surface area contributed by atoms with Gasteiger partial charge in [0.2, 0.25) is 11.8 Å². The predicted octanol–water partition coefficient (Wildman–Crippen LogP) is 3.73. The number of nitrogens with zero attached hydrogens (tertiary/aromatic N) is 1. The number of halogens is 1. The van der Waals surface area contributed by atoms with Crippen LogP contribution in [0.25, 0.3) is 0 Å². The van der Waals surface area contributed by atoms with Crippen LogP contribution in [0.15, 0.2) is 38.7 Å². The van der Waals surface area contributed by atoms with Gasteiger partial charge >= 0.3 is 0 Å². The van der Waals surface area contributed by atoms with E-state index in [0.29, 0.717) is 25.3 Å². The van der Waals surface area contributed by atoms with Crippen LogP contribution in [0.3, 0.4) is 0 Å². The van der Waals surface area contributed by atoms with Gasteiger partial charge in [0.25, 0.3) is 0 Å². The normalized spacial score (nSPS) is 17.0. The molecule has 5 nitrogen and oxygen atoms in total. The highest BCUT2D eigenvalue weighted by atomic mass is 79.9. The molecule has 1 atom stereocenters. The van der Waals surface area contributed by atoms with Crippen molar-refractivity contribution in [2.24, 2.45) is 0 Å². The summed E-state index contributed by atoms with van der Waals surface area (Å²) in [5.41, 5.74) is 0. The van der Waals surface area contributed by atoms with E-state index < -0.39 is 0 Å². The number of aryl methyl sites for hydroxylation is 1. The lowest BCUT2D eigenvalue weighted by Gasteiger charge is -2.24. The Kier molecular flexibility index (Phi) is 6.31. The maximum Gasteiger partial charge on any atom is 0.243 e. The van der Waals surface area contributed by atoms with Gasteiger partial charge in [-0.2, -0.15) is 0 Å². The average Bonchev–Trinajstić information content (AvgIpc) is 3.34. The van der Waals surface area contributed by atoms with Crippen molar-refractivity contribution in [1.29, 1.82) is 0 Å². The van der Waals surface area contributed by atoms with Crippen molar-refractivity contribution in [3.63, 3.8) is 0 Å². The maximum atomic E-state index is 12.5. The van der Waals surface area contributed by atoms with E-state index in [-0.39, 0.29) is 17.9 Å². The summed E-state index contributed by atoms with van der Waals surface area (Å²) in [5.74, 6) is 0.696. The summed E-state index contributed by atoms with van der Waals surface area (Å²) in [6.45, 7) is 1.03. The molecule has 1 unspecified atom stereocenters. The first kappa shape index (κ1) is 18.2. The van der Waals surface area contributed by atoms with Crippen molar-refractivity contribution in [2.75, 3.05) is 6.54 Å². The minimum Gasteiger partial charge on any atom is -0.467 e. The molecule has 0 aliphatic carbocycles. The number of hydrogen-bond acceptors (Lipinski definition) is 4. The first-order chi connectivity index (χ1) is 12.1. The van der Waals surface area contributed by atoms with Gasteiger partial charge in [-0.15, -0.1) is 11.3 Å². The molecule has 0 saturated carbocycles. The third-order valence-corrected chi connectivity index (χ3v) is 6.02. The van der Waals surface area contributed by atoms with Gasteiger partial charge in [0, 0.05) is 17.8 Å². The minimum atomic E-state index is -0.349. The van der Waals surface area contributed by atoms with E-state index in [0.717, 1.165) is 29.5 Å². The number of furan rings is 1. The standard InChI is InChI=1S/C18H21BrN2O3S/c19-16-9-8-14(25-16)5-1-7-17(22)21-10-2-6-15(21)18(23)20-12-13-4-3-11-24-13/h3-4,8-9,11,15H,1-2,5-7,10,12H2,(H,20,23). The number of amides is 2. The second kappa shape index (κ2) is 8.67. The van der Waals surface area contributed by atoms with Gasteiger partial charge in [-0.3, -0.25) is 9.59 Å². The fourth-order valence-electron chi connectivity index (χ4n) is 3.09. The Morgan fingerprint density at radius 2 is 2.24 bits per heavy atom. The van der Waals surface area contributed by atoms with E-state index in [1.165, 1.54) is 4.88 Å². The van der Waals surface area contributed by atoms with Gasteiger partial charge in [-0.05, 0) is 65.9 Å².